The summed E-state index contributed by atoms with van der Waals surface area (Å²) in [5.74, 6) is 1.50. The zero-order valence-electron chi connectivity index (χ0n) is 14.1. The van der Waals surface area contributed by atoms with Crippen LogP contribution >= 0.6 is 0 Å². The van der Waals surface area contributed by atoms with Gasteiger partial charge in [-0.05, 0) is 38.1 Å². The summed E-state index contributed by atoms with van der Waals surface area (Å²) in [5, 5.41) is 24.0. The van der Waals surface area contributed by atoms with Crippen LogP contribution in [0.3, 0.4) is 0 Å². The Balaban J connectivity index is 1.65. The number of nitriles is 2. The first-order chi connectivity index (χ1) is 11.8. The number of furan rings is 1. The first kappa shape index (κ1) is 18.0. The summed E-state index contributed by atoms with van der Waals surface area (Å²) in [5.41, 5.74) is 0. The molecule has 1 aromatic rings. The molecule has 2 N–H and O–H groups in total. The van der Waals surface area contributed by atoms with E-state index in [1.165, 1.54) is 12.8 Å². The maximum atomic E-state index is 8.86. The summed E-state index contributed by atoms with van der Waals surface area (Å²) < 4.78 is 5.83. The summed E-state index contributed by atoms with van der Waals surface area (Å²) in [6, 6.07) is 7.86. The van der Waals surface area contributed by atoms with Crippen LogP contribution in [0.15, 0.2) is 21.5 Å². The number of nitrogens with zero attached hydrogens (tertiary/aromatic N) is 4. The lowest BCUT2D eigenvalue weighted by Gasteiger charge is -2.12. The summed E-state index contributed by atoms with van der Waals surface area (Å²) in [6.07, 6.45) is 2.56. The SMILES string of the molecule is CN=C(NCCNCc1ccc(CN2CCCC2)o1)C(C#N)C#N. The molecule has 0 bridgehead atoms. The lowest BCUT2D eigenvalue weighted by Crippen LogP contribution is -2.35. The Morgan fingerprint density at radius 1 is 1.25 bits per heavy atom. The quantitative estimate of drug-likeness (QED) is 0.423. The number of aliphatic imine (C=N–C) groups is 1. The topological polar surface area (TPSA) is 100 Å². The lowest BCUT2D eigenvalue weighted by molar-refractivity contribution is 0.291. The van der Waals surface area contributed by atoms with E-state index in [4.69, 9.17) is 14.9 Å². The normalized spacial score (nSPS) is 15.4. The van der Waals surface area contributed by atoms with E-state index in [0.717, 1.165) is 31.2 Å². The Morgan fingerprint density at radius 2 is 1.96 bits per heavy atom. The third kappa shape index (κ3) is 5.38. The van der Waals surface area contributed by atoms with Crippen molar-refractivity contribution < 1.29 is 4.42 Å². The fourth-order valence-electron chi connectivity index (χ4n) is 2.72. The number of nitrogens with one attached hydrogen (secondary N) is 2. The lowest BCUT2D eigenvalue weighted by atomic mass is 10.2. The predicted octanol–water partition coefficient (Wildman–Crippen LogP) is 1.25. The van der Waals surface area contributed by atoms with E-state index in [2.05, 4.69) is 20.5 Å². The van der Waals surface area contributed by atoms with Gasteiger partial charge in [0.05, 0.1) is 25.2 Å². The molecule has 1 aliphatic heterocycles. The minimum atomic E-state index is -0.840. The van der Waals surface area contributed by atoms with E-state index in [0.29, 0.717) is 25.5 Å². The Morgan fingerprint density at radius 3 is 2.62 bits per heavy atom. The monoisotopic (exact) mass is 328 g/mol. The van der Waals surface area contributed by atoms with Gasteiger partial charge in [0, 0.05) is 20.1 Å². The van der Waals surface area contributed by atoms with Crippen LogP contribution in [0, 0.1) is 28.6 Å². The Bertz CT molecular complexity index is 604. The molecule has 0 unspecified atom stereocenters. The standard InChI is InChI=1S/C17H24N6O/c1-20-17(14(10-18)11-19)22-7-6-21-12-15-4-5-16(24-15)13-23-8-2-3-9-23/h4-5,14,21H,2-3,6-9,12-13H2,1H3,(H,20,22). The number of hydrogen-bond donors (Lipinski definition) is 2. The summed E-state index contributed by atoms with van der Waals surface area (Å²) in [7, 11) is 1.57. The second kappa shape index (κ2) is 9.71. The van der Waals surface area contributed by atoms with E-state index >= 15 is 0 Å². The molecule has 2 rings (SSSR count). The molecule has 0 aliphatic carbocycles. The Hall–Kier alpha value is -2.35. The largest absolute Gasteiger partial charge is 0.463 e. The molecule has 0 spiro atoms. The third-order valence-corrected chi connectivity index (χ3v) is 3.98. The maximum absolute atomic E-state index is 8.86. The molecule has 1 saturated heterocycles. The number of rotatable bonds is 8. The molecule has 0 radical (unpaired) electrons. The Labute approximate surface area is 143 Å². The van der Waals surface area contributed by atoms with Crippen molar-refractivity contribution in [1.82, 2.24) is 15.5 Å². The second-order valence-corrected chi connectivity index (χ2v) is 5.75. The molecule has 0 aromatic carbocycles. The molecular weight excluding hydrogens is 304 g/mol. The molecule has 7 heteroatoms. The van der Waals surface area contributed by atoms with Crippen molar-refractivity contribution >= 4 is 5.84 Å². The molecule has 0 atom stereocenters. The van der Waals surface area contributed by atoms with Gasteiger partial charge in [-0.15, -0.1) is 0 Å². The van der Waals surface area contributed by atoms with E-state index in [9.17, 15) is 0 Å². The average molecular weight is 328 g/mol. The van der Waals surface area contributed by atoms with Gasteiger partial charge in [-0.2, -0.15) is 10.5 Å². The summed E-state index contributed by atoms with van der Waals surface area (Å²) in [6.45, 7) is 5.14. The van der Waals surface area contributed by atoms with E-state index in [1.807, 2.05) is 24.3 Å². The maximum Gasteiger partial charge on any atom is 0.189 e. The second-order valence-electron chi connectivity index (χ2n) is 5.75. The highest BCUT2D eigenvalue weighted by atomic mass is 16.3. The zero-order valence-corrected chi connectivity index (χ0v) is 14.1. The summed E-state index contributed by atoms with van der Waals surface area (Å²) >= 11 is 0. The van der Waals surface area contributed by atoms with Gasteiger partial charge in [0.25, 0.3) is 0 Å². The van der Waals surface area contributed by atoms with Gasteiger partial charge in [-0.1, -0.05) is 0 Å². The van der Waals surface area contributed by atoms with Crippen LogP contribution in [0.2, 0.25) is 0 Å². The molecular formula is C17H24N6O. The van der Waals surface area contributed by atoms with Crippen LogP contribution < -0.4 is 10.6 Å². The zero-order chi connectivity index (χ0) is 17.2. The van der Waals surface area contributed by atoms with Gasteiger partial charge in [0.15, 0.2) is 5.92 Å². The molecule has 1 aliphatic rings. The predicted molar refractivity (Wildman–Crippen MR) is 91.0 cm³/mol. The van der Waals surface area contributed by atoms with Crippen molar-refractivity contribution in [2.45, 2.75) is 25.9 Å². The highest BCUT2D eigenvalue weighted by Gasteiger charge is 2.14. The van der Waals surface area contributed by atoms with Crippen molar-refractivity contribution in [1.29, 1.82) is 10.5 Å². The third-order valence-electron chi connectivity index (χ3n) is 3.98. The van der Waals surface area contributed by atoms with Crippen molar-refractivity contribution in [3.05, 3.63) is 23.7 Å². The van der Waals surface area contributed by atoms with Gasteiger partial charge < -0.3 is 15.1 Å². The number of amidine groups is 1. The van der Waals surface area contributed by atoms with Crippen LogP contribution in [-0.2, 0) is 13.1 Å². The fraction of sp³-hybridized carbons (Fsp3) is 0.588. The van der Waals surface area contributed by atoms with Gasteiger partial charge in [-0.25, -0.2) is 0 Å². The van der Waals surface area contributed by atoms with Gasteiger partial charge >= 0.3 is 0 Å². The van der Waals surface area contributed by atoms with E-state index in [1.54, 1.807) is 7.05 Å². The van der Waals surface area contributed by atoms with Crippen LogP contribution in [0.25, 0.3) is 0 Å². The summed E-state index contributed by atoms with van der Waals surface area (Å²) in [4.78, 5) is 6.36. The molecule has 7 nitrogen and oxygen atoms in total. The van der Waals surface area contributed by atoms with E-state index < -0.39 is 5.92 Å². The van der Waals surface area contributed by atoms with Crippen molar-refractivity contribution in [3.63, 3.8) is 0 Å². The first-order valence-electron chi connectivity index (χ1n) is 8.27. The molecule has 0 amide bonds. The molecule has 0 saturated carbocycles. The Kier molecular flexibility index (Phi) is 7.28. The molecule has 2 heterocycles. The van der Waals surface area contributed by atoms with Crippen molar-refractivity contribution in [2.75, 3.05) is 33.2 Å². The minimum absolute atomic E-state index is 0.410. The highest BCUT2D eigenvalue weighted by molar-refractivity contribution is 5.88. The van der Waals surface area contributed by atoms with Crippen molar-refractivity contribution in [3.8, 4) is 12.1 Å². The molecule has 1 fully saturated rings. The smallest absolute Gasteiger partial charge is 0.189 e. The minimum Gasteiger partial charge on any atom is -0.463 e. The van der Waals surface area contributed by atoms with Gasteiger partial charge in [0.2, 0.25) is 0 Å². The average Bonchev–Trinajstić information content (AvgIpc) is 3.26. The van der Waals surface area contributed by atoms with Crippen LogP contribution in [0.5, 0.6) is 0 Å². The number of hydrogen-bond acceptors (Lipinski definition) is 6. The van der Waals surface area contributed by atoms with Crippen LogP contribution in [0.4, 0.5) is 0 Å². The number of likely N-dealkylation sites (tertiary alicyclic amines) is 1. The van der Waals surface area contributed by atoms with Crippen molar-refractivity contribution in [2.24, 2.45) is 10.9 Å². The molecule has 24 heavy (non-hydrogen) atoms. The fourth-order valence-corrected chi connectivity index (χ4v) is 2.72. The highest BCUT2D eigenvalue weighted by Crippen LogP contribution is 2.14. The molecule has 128 valence electrons. The van der Waals surface area contributed by atoms with Gasteiger partial charge in [-0.3, -0.25) is 9.89 Å². The first-order valence-corrected chi connectivity index (χ1v) is 8.27. The van der Waals surface area contributed by atoms with Gasteiger partial charge in [0.1, 0.15) is 17.4 Å². The molecule has 1 aromatic heterocycles. The van der Waals surface area contributed by atoms with E-state index in [-0.39, 0.29) is 0 Å². The van der Waals surface area contributed by atoms with Crippen LogP contribution in [0.1, 0.15) is 24.4 Å². The van der Waals surface area contributed by atoms with Crippen LogP contribution in [-0.4, -0.2) is 44.0 Å².